The van der Waals surface area contributed by atoms with Crippen molar-refractivity contribution in [3.05, 3.63) is 58.0 Å². The van der Waals surface area contributed by atoms with Crippen molar-refractivity contribution in [2.75, 3.05) is 39.1 Å². The summed E-state index contributed by atoms with van der Waals surface area (Å²) in [5.41, 5.74) is 3.40. The number of ether oxygens (including phenoxy) is 4. The minimum absolute atomic E-state index is 0.152. The van der Waals surface area contributed by atoms with Gasteiger partial charge in [-0.1, -0.05) is 19.1 Å². The second kappa shape index (κ2) is 10.9. The van der Waals surface area contributed by atoms with Crippen molar-refractivity contribution in [3.63, 3.8) is 0 Å². The molecule has 1 unspecified atom stereocenters. The van der Waals surface area contributed by atoms with E-state index in [0.717, 1.165) is 35.4 Å². The number of fused-ring (bicyclic) bond motifs is 1. The minimum Gasteiger partial charge on any atom is -0.497 e. The Morgan fingerprint density at radius 1 is 1.03 bits per heavy atom. The SMILES string of the molecule is COc1ccc(NC(=O)c2c(NCc3cccc(OC)c3OC)sc3c2CCC(C)C3)c(OC)c1. The van der Waals surface area contributed by atoms with Gasteiger partial charge in [0, 0.05) is 23.1 Å². The number of carbonyl (C=O) groups is 1. The third kappa shape index (κ3) is 5.17. The van der Waals surface area contributed by atoms with Gasteiger partial charge in [-0.15, -0.1) is 11.3 Å². The topological polar surface area (TPSA) is 78.1 Å². The molecule has 3 aromatic rings. The number of hydrogen-bond donors (Lipinski definition) is 2. The molecule has 1 atom stereocenters. The lowest BCUT2D eigenvalue weighted by Gasteiger charge is -2.19. The zero-order valence-corrected chi connectivity index (χ0v) is 21.6. The van der Waals surface area contributed by atoms with Crippen LogP contribution in [0.5, 0.6) is 23.0 Å². The van der Waals surface area contributed by atoms with Gasteiger partial charge in [-0.25, -0.2) is 0 Å². The van der Waals surface area contributed by atoms with Crippen molar-refractivity contribution in [3.8, 4) is 23.0 Å². The lowest BCUT2D eigenvalue weighted by atomic mass is 9.88. The fourth-order valence-corrected chi connectivity index (χ4v) is 5.87. The van der Waals surface area contributed by atoms with Gasteiger partial charge in [0.05, 0.1) is 39.7 Å². The van der Waals surface area contributed by atoms with Crippen LogP contribution in [0.4, 0.5) is 10.7 Å². The van der Waals surface area contributed by atoms with Gasteiger partial charge in [-0.2, -0.15) is 0 Å². The quantitative estimate of drug-likeness (QED) is 0.392. The van der Waals surface area contributed by atoms with Crippen LogP contribution in [0.15, 0.2) is 36.4 Å². The third-order valence-electron chi connectivity index (χ3n) is 6.32. The number of rotatable bonds is 9. The molecule has 0 saturated heterocycles. The highest BCUT2D eigenvalue weighted by Crippen LogP contribution is 2.41. The molecule has 0 radical (unpaired) electrons. The summed E-state index contributed by atoms with van der Waals surface area (Å²) in [6.07, 6.45) is 2.94. The molecular formula is C27H32N2O5S. The molecule has 1 aliphatic carbocycles. The summed E-state index contributed by atoms with van der Waals surface area (Å²) < 4.78 is 21.8. The van der Waals surface area contributed by atoms with Crippen molar-refractivity contribution in [2.45, 2.75) is 32.7 Å². The number of methoxy groups -OCH3 is 4. The Bertz CT molecular complexity index is 1210. The van der Waals surface area contributed by atoms with E-state index in [2.05, 4.69) is 17.6 Å². The molecule has 0 spiro atoms. The first-order valence-electron chi connectivity index (χ1n) is 11.6. The first-order chi connectivity index (χ1) is 17.0. The van der Waals surface area contributed by atoms with E-state index in [4.69, 9.17) is 18.9 Å². The zero-order chi connectivity index (χ0) is 24.9. The fraction of sp³-hybridized carbons (Fsp3) is 0.370. The van der Waals surface area contributed by atoms with Gasteiger partial charge in [-0.3, -0.25) is 4.79 Å². The number of thiophene rings is 1. The number of para-hydroxylation sites is 1. The Labute approximate surface area is 210 Å². The molecule has 1 aromatic heterocycles. The van der Waals surface area contributed by atoms with E-state index >= 15 is 0 Å². The highest BCUT2D eigenvalue weighted by Gasteiger charge is 2.28. The maximum Gasteiger partial charge on any atom is 0.259 e. The van der Waals surface area contributed by atoms with Crippen LogP contribution in [0, 0.1) is 5.92 Å². The standard InChI is InChI=1S/C27H32N2O5S/c1-16-9-11-19-23(13-16)35-27(28-15-17-7-6-8-21(32-3)25(17)34-5)24(19)26(30)29-20-12-10-18(31-2)14-22(20)33-4/h6-8,10,12,14,16,28H,9,11,13,15H2,1-5H3,(H,29,30). The van der Waals surface area contributed by atoms with Crippen LogP contribution in [0.1, 0.15) is 39.7 Å². The summed E-state index contributed by atoms with van der Waals surface area (Å²) in [6.45, 7) is 2.76. The predicted octanol–water partition coefficient (Wildman–Crippen LogP) is 5.77. The first kappa shape index (κ1) is 24.7. The van der Waals surface area contributed by atoms with Gasteiger partial charge in [0.25, 0.3) is 5.91 Å². The average molecular weight is 497 g/mol. The Morgan fingerprint density at radius 3 is 2.54 bits per heavy atom. The van der Waals surface area contributed by atoms with Crippen molar-refractivity contribution in [2.24, 2.45) is 5.92 Å². The van der Waals surface area contributed by atoms with Gasteiger partial charge in [0.2, 0.25) is 0 Å². The van der Waals surface area contributed by atoms with Gasteiger partial charge >= 0.3 is 0 Å². The van der Waals surface area contributed by atoms with E-state index in [0.29, 0.717) is 46.7 Å². The molecule has 0 bridgehead atoms. The lowest BCUT2D eigenvalue weighted by Crippen LogP contribution is -2.18. The zero-order valence-electron chi connectivity index (χ0n) is 20.8. The second-order valence-electron chi connectivity index (χ2n) is 8.58. The van der Waals surface area contributed by atoms with E-state index in [9.17, 15) is 4.79 Å². The first-order valence-corrected chi connectivity index (χ1v) is 12.4. The molecule has 1 aliphatic rings. The minimum atomic E-state index is -0.152. The molecule has 8 heteroatoms. The fourth-order valence-electron chi connectivity index (χ4n) is 4.47. The largest absolute Gasteiger partial charge is 0.497 e. The van der Waals surface area contributed by atoms with Crippen molar-refractivity contribution >= 4 is 27.9 Å². The molecule has 4 rings (SSSR count). The van der Waals surface area contributed by atoms with E-state index in [-0.39, 0.29) is 5.91 Å². The Hall–Kier alpha value is -3.39. The molecular weight excluding hydrogens is 464 g/mol. The molecule has 0 saturated carbocycles. The lowest BCUT2D eigenvalue weighted by molar-refractivity contribution is 0.102. The molecule has 7 nitrogen and oxygen atoms in total. The van der Waals surface area contributed by atoms with Gasteiger partial charge in [-0.05, 0) is 48.9 Å². The number of nitrogens with one attached hydrogen (secondary N) is 2. The van der Waals surface area contributed by atoms with Crippen LogP contribution in [0.25, 0.3) is 0 Å². The van der Waals surface area contributed by atoms with Crippen LogP contribution in [-0.2, 0) is 19.4 Å². The number of carbonyl (C=O) groups excluding carboxylic acids is 1. The number of benzene rings is 2. The van der Waals surface area contributed by atoms with E-state index in [1.54, 1.807) is 58.0 Å². The van der Waals surface area contributed by atoms with Gasteiger partial charge in [0.15, 0.2) is 11.5 Å². The highest BCUT2D eigenvalue weighted by molar-refractivity contribution is 7.16. The Morgan fingerprint density at radius 2 is 1.83 bits per heavy atom. The smallest absolute Gasteiger partial charge is 0.259 e. The van der Waals surface area contributed by atoms with Gasteiger partial charge < -0.3 is 29.6 Å². The molecule has 1 heterocycles. The van der Waals surface area contributed by atoms with E-state index in [1.165, 1.54) is 4.88 Å². The Balaban J connectivity index is 1.65. The van der Waals surface area contributed by atoms with Crippen molar-refractivity contribution < 1.29 is 23.7 Å². The van der Waals surface area contributed by atoms with Crippen molar-refractivity contribution in [1.82, 2.24) is 0 Å². The molecule has 1 amide bonds. The van der Waals surface area contributed by atoms with E-state index < -0.39 is 0 Å². The summed E-state index contributed by atoms with van der Waals surface area (Å²) in [7, 11) is 6.43. The summed E-state index contributed by atoms with van der Waals surface area (Å²) in [5.74, 6) is 3.02. The molecule has 0 fully saturated rings. The highest BCUT2D eigenvalue weighted by atomic mass is 32.1. The Kier molecular flexibility index (Phi) is 7.70. The molecule has 2 aromatic carbocycles. The number of amides is 1. The van der Waals surface area contributed by atoms with Crippen LogP contribution in [0.3, 0.4) is 0 Å². The molecule has 0 aliphatic heterocycles. The van der Waals surface area contributed by atoms with Crippen LogP contribution < -0.4 is 29.6 Å². The van der Waals surface area contributed by atoms with Gasteiger partial charge in [0.1, 0.15) is 16.5 Å². The normalized spacial score (nSPS) is 14.6. The molecule has 186 valence electrons. The van der Waals surface area contributed by atoms with Crippen LogP contribution in [-0.4, -0.2) is 34.3 Å². The van der Waals surface area contributed by atoms with Crippen molar-refractivity contribution in [1.29, 1.82) is 0 Å². The third-order valence-corrected chi connectivity index (χ3v) is 7.53. The number of anilines is 2. The second-order valence-corrected chi connectivity index (χ2v) is 9.69. The molecule has 35 heavy (non-hydrogen) atoms. The maximum atomic E-state index is 13.6. The summed E-state index contributed by atoms with van der Waals surface area (Å²) in [5, 5.41) is 7.43. The molecule has 2 N–H and O–H groups in total. The van der Waals surface area contributed by atoms with Crippen LogP contribution >= 0.6 is 11.3 Å². The predicted molar refractivity (Wildman–Crippen MR) is 140 cm³/mol. The van der Waals surface area contributed by atoms with E-state index in [1.807, 2.05) is 18.2 Å². The summed E-state index contributed by atoms with van der Waals surface area (Å²) >= 11 is 1.67. The summed E-state index contributed by atoms with van der Waals surface area (Å²) in [6, 6.07) is 11.2. The summed E-state index contributed by atoms with van der Waals surface area (Å²) in [4.78, 5) is 14.9. The van der Waals surface area contributed by atoms with Crippen LogP contribution in [0.2, 0.25) is 0 Å². The average Bonchev–Trinajstić information content (AvgIpc) is 3.24. The maximum absolute atomic E-state index is 13.6. The number of hydrogen-bond acceptors (Lipinski definition) is 7. The monoisotopic (exact) mass is 496 g/mol.